The van der Waals surface area contributed by atoms with Crippen LogP contribution in [0.3, 0.4) is 0 Å². The molecule has 0 N–H and O–H groups in total. The molecule has 0 aliphatic heterocycles. The third-order valence-corrected chi connectivity index (χ3v) is 10.0. The predicted octanol–water partition coefficient (Wildman–Crippen LogP) is 6.31. The fourth-order valence-corrected chi connectivity index (χ4v) is 8.14. The highest BCUT2D eigenvalue weighted by molar-refractivity contribution is 7.95. The van der Waals surface area contributed by atoms with E-state index in [9.17, 15) is 0 Å². The maximum atomic E-state index is 4.81. The minimum Gasteiger partial charge on any atom is -0.158 e. The molecule has 0 aliphatic carbocycles. The third-order valence-electron chi connectivity index (χ3n) is 6.05. The van der Waals surface area contributed by atoms with Gasteiger partial charge in [0.25, 0.3) is 0 Å². The second kappa shape index (κ2) is 11.4. The molecule has 5 aromatic carbocycles. The molecule has 0 radical (unpaired) electrons. The predicted molar refractivity (Wildman–Crippen MR) is 158 cm³/mol. The van der Waals surface area contributed by atoms with Crippen LogP contribution in [0.4, 0.5) is 0 Å². The average molecular weight is 483 g/mol. The van der Waals surface area contributed by atoms with Gasteiger partial charge < -0.3 is 0 Å². The van der Waals surface area contributed by atoms with Crippen molar-refractivity contribution in [3.8, 4) is 0 Å². The summed E-state index contributed by atoms with van der Waals surface area (Å²) in [5.74, 6) is 2.37. The summed E-state index contributed by atoms with van der Waals surface area (Å²) in [6, 6.07) is 52.8. The van der Waals surface area contributed by atoms with E-state index in [0.717, 1.165) is 16.8 Å². The van der Waals surface area contributed by atoms with Gasteiger partial charge in [0, 0.05) is 5.56 Å². The SMILES string of the molecule is C(/C(=N\N=C/c1ccccc1)c1ccccc1)=P(c1ccccc1)(c1ccccc1)c1ccccc1. The molecule has 0 saturated carbocycles. The van der Waals surface area contributed by atoms with Crippen LogP contribution in [0.2, 0.25) is 0 Å². The van der Waals surface area contributed by atoms with Gasteiger partial charge in [-0.05, 0) is 34.2 Å². The first kappa shape index (κ1) is 23.5. The Morgan fingerprint density at radius 2 is 0.861 bits per heavy atom. The molecular formula is C33H27N2P. The maximum absolute atomic E-state index is 4.81. The monoisotopic (exact) mass is 482 g/mol. The maximum Gasteiger partial charge on any atom is 0.0939 e. The number of hydrogen-bond donors (Lipinski definition) is 0. The zero-order valence-electron chi connectivity index (χ0n) is 19.9. The first-order chi connectivity index (χ1) is 17.9. The van der Waals surface area contributed by atoms with Crippen LogP contribution in [0.1, 0.15) is 11.1 Å². The molecule has 0 aliphatic rings. The third kappa shape index (κ3) is 5.20. The lowest BCUT2D eigenvalue weighted by molar-refractivity contribution is 1.26. The van der Waals surface area contributed by atoms with Gasteiger partial charge in [0.15, 0.2) is 0 Å². The lowest BCUT2D eigenvalue weighted by Crippen LogP contribution is -2.28. The van der Waals surface area contributed by atoms with Crippen molar-refractivity contribution in [2.45, 2.75) is 0 Å². The summed E-state index contributed by atoms with van der Waals surface area (Å²) < 4.78 is 0. The van der Waals surface area contributed by atoms with Crippen molar-refractivity contribution in [2.75, 3.05) is 0 Å². The number of rotatable bonds is 7. The Labute approximate surface area is 213 Å². The standard InChI is InChI=1S/C33H27N2P/c1-6-16-28(17-7-1)26-34-35-33(29-18-8-2-9-19-29)27-36(30-20-10-3-11-21-30,31-22-12-4-13-23-31)32-24-14-5-15-25-32/h1-27H/b34-26-,35-33+. The molecule has 36 heavy (non-hydrogen) atoms. The Bertz CT molecular complexity index is 1390. The highest BCUT2D eigenvalue weighted by Crippen LogP contribution is 2.43. The molecule has 0 fully saturated rings. The quantitative estimate of drug-likeness (QED) is 0.148. The summed E-state index contributed by atoms with van der Waals surface area (Å²) >= 11 is 0. The first-order valence-electron chi connectivity index (χ1n) is 12.0. The average Bonchev–Trinajstić information content (AvgIpc) is 2.97. The molecule has 5 aromatic rings. The summed E-state index contributed by atoms with van der Waals surface area (Å²) in [6.07, 6.45) is 1.81. The molecule has 0 spiro atoms. The van der Waals surface area contributed by atoms with E-state index in [1.165, 1.54) is 15.9 Å². The van der Waals surface area contributed by atoms with E-state index in [4.69, 9.17) is 5.10 Å². The molecular weight excluding hydrogens is 455 g/mol. The summed E-state index contributed by atoms with van der Waals surface area (Å²) in [5, 5.41) is 13.2. The molecule has 0 heterocycles. The van der Waals surface area contributed by atoms with Crippen molar-refractivity contribution >= 4 is 40.5 Å². The molecule has 0 saturated heterocycles. The van der Waals surface area contributed by atoms with Gasteiger partial charge in [-0.2, -0.15) is 10.2 Å². The molecule has 0 unspecified atom stereocenters. The second-order valence-electron chi connectivity index (χ2n) is 8.36. The van der Waals surface area contributed by atoms with E-state index < -0.39 is 6.89 Å². The van der Waals surface area contributed by atoms with Gasteiger partial charge in [-0.25, -0.2) is 0 Å². The van der Waals surface area contributed by atoms with Gasteiger partial charge >= 0.3 is 0 Å². The van der Waals surface area contributed by atoms with E-state index in [1.807, 2.05) is 54.7 Å². The zero-order chi connectivity index (χ0) is 24.5. The summed E-state index contributed by atoms with van der Waals surface area (Å²) in [5.41, 5.74) is 2.91. The Balaban J connectivity index is 1.81. The molecule has 0 aromatic heterocycles. The largest absolute Gasteiger partial charge is 0.158 e. The van der Waals surface area contributed by atoms with E-state index in [-0.39, 0.29) is 0 Å². The minimum atomic E-state index is -2.22. The summed E-state index contributed by atoms with van der Waals surface area (Å²) in [7, 11) is 0. The highest BCUT2D eigenvalue weighted by Gasteiger charge is 2.26. The lowest BCUT2D eigenvalue weighted by Gasteiger charge is -2.29. The van der Waals surface area contributed by atoms with Crippen LogP contribution in [0, 0.1) is 0 Å². The van der Waals surface area contributed by atoms with Gasteiger partial charge in [0.2, 0.25) is 0 Å². The van der Waals surface area contributed by atoms with Gasteiger partial charge in [0.05, 0.1) is 11.9 Å². The topological polar surface area (TPSA) is 24.7 Å². The Kier molecular flexibility index (Phi) is 7.46. The van der Waals surface area contributed by atoms with Crippen molar-refractivity contribution in [2.24, 2.45) is 10.2 Å². The van der Waals surface area contributed by atoms with Crippen molar-refractivity contribution < 1.29 is 0 Å². The Hall–Kier alpha value is -4.26. The molecule has 2 nitrogen and oxygen atoms in total. The fourth-order valence-electron chi connectivity index (χ4n) is 4.31. The van der Waals surface area contributed by atoms with Crippen LogP contribution < -0.4 is 15.9 Å². The van der Waals surface area contributed by atoms with Crippen LogP contribution in [0.15, 0.2) is 162 Å². The van der Waals surface area contributed by atoms with E-state index >= 15 is 0 Å². The van der Waals surface area contributed by atoms with E-state index in [0.29, 0.717) is 0 Å². The Morgan fingerprint density at radius 1 is 0.472 bits per heavy atom. The highest BCUT2D eigenvalue weighted by atomic mass is 31.2. The first-order valence-corrected chi connectivity index (χ1v) is 13.8. The fraction of sp³-hybridized carbons (Fsp3) is 0. The molecule has 174 valence electrons. The molecule has 0 atom stereocenters. The lowest BCUT2D eigenvalue weighted by atomic mass is 10.1. The van der Waals surface area contributed by atoms with Crippen molar-refractivity contribution in [3.05, 3.63) is 163 Å². The van der Waals surface area contributed by atoms with E-state index in [2.05, 4.69) is 114 Å². The zero-order valence-corrected chi connectivity index (χ0v) is 20.8. The second-order valence-corrected chi connectivity index (χ2v) is 11.6. The van der Waals surface area contributed by atoms with Gasteiger partial charge in [-0.3, -0.25) is 0 Å². The normalized spacial score (nSPS) is 11.9. The number of hydrogen-bond acceptors (Lipinski definition) is 2. The van der Waals surface area contributed by atoms with Crippen molar-refractivity contribution in [3.63, 3.8) is 0 Å². The smallest absolute Gasteiger partial charge is 0.0939 e. The van der Waals surface area contributed by atoms with Crippen molar-refractivity contribution in [1.82, 2.24) is 0 Å². The summed E-state index contributed by atoms with van der Waals surface area (Å²) in [6.45, 7) is -2.22. The van der Waals surface area contributed by atoms with E-state index in [1.54, 1.807) is 0 Å². The summed E-state index contributed by atoms with van der Waals surface area (Å²) in [4.78, 5) is 0. The van der Waals surface area contributed by atoms with Gasteiger partial charge in [-0.15, -0.1) is 0 Å². The molecule has 5 rings (SSSR count). The van der Waals surface area contributed by atoms with Crippen LogP contribution >= 0.6 is 6.89 Å². The minimum absolute atomic E-state index is 0.854. The van der Waals surface area contributed by atoms with Crippen LogP contribution in [-0.2, 0) is 0 Å². The Morgan fingerprint density at radius 3 is 1.31 bits per heavy atom. The number of benzene rings is 5. The molecule has 0 bridgehead atoms. The van der Waals surface area contributed by atoms with Crippen LogP contribution in [0.5, 0.6) is 0 Å². The van der Waals surface area contributed by atoms with Crippen LogP contribution in [0.25, 0.3) is 0 Å². The van der Waals surface area contributed by atoms with Gasteiger partial charge in [-0.1, -0.05) is 152 Å². The van der Waals surface area contributed by atoms with Crippen molar-refractivity contribution in [1.29, 1.82) is 0 Å². The molecule has 0 amide bonds. The van der Waals surface area contributed by atoms with Crippen LogP contribution in [-0.4, -0.2) is 17.7 Å². The molecule has 3 heteroatoms. The number of nitrogens with zero attached hydrogens (tertiary/aromatic N) is 2. The van der Waals surface area contributed by atoms with Gasteiger partial charge in [0.1, 0.15) is 0 Å².